The fourth-order valence-corrected chi connectivity index (χ4v) is 5.46. The molecule has 0 unspecified atom stereocenters. The van der Waals surface area contributed by atoms with Crippen molar-refractivity contribution in [2.24, 2.45) is 0 Å². The van der Waals surface area contributed by atoms with Crippen molar-refractivity contribution in [2.45, 2.75) is 16.7 Å². The molecule has 0 N–H and O–H groups in total. The van der Waals surface area contributed by atoms with Crippen molar-refractivity contribution in [1.82, 2.24) is 0 Å². The summed E-state index contributed by atoms with van der Waals surface area (Å²) < 4.78 is 49.4. The van der Waals surface area contributed by atoms with Gasteiger partial charge in [0.2, 0.25) is 9.84 Å². The molecule has 0 spiro atoms. The summed E-state index contributed by atoms with van der Waals surface area (Å²) in [4.78, 5) is 0.143. The quantitative estimate of drug-likeness (QED) is 0.170. The highest BCUT2D eigenvalue weighted by atomic mass is 32.2. The zero-order chi connectivity index (χ0) is 30.4. The van der Waals surface area contributed by atoms with Crippen LogP contribution in [0.15, 0.2) is 119 Å². The van der Waals surface area contributed by atoms with Crippen LogP contribution < -0.4 is 18.9 Å². The van der Waals surface area contributed by atoms with E-state index in [0.717, 1.165) is 5.56 Å². The molecule has 0 amide bonds. The molecule has 0 aromatic heterocycles. The molecule has 0 radical (unpaired) electrons. The Morgan fingerprint density at radius 3 is 1.33 bits per heavy atom. The van der Waals surface area contributed by atoms with Crippen molar-refractivity contribution in [3.05, 3.63) is 126 Å². The zero-order valence-electron chi connectivity index (χ0n) is 23.1. The molecule has 5 aromatic rings. The normalized spacial score (nSPS) is 10.7. The third-order valence-corrected chi connectivity index (χ3v) is 8.24. The van der Waals surface area contributed by atoms with Gasteiger partial charge in [-0.05, 0) is 103 Å². The summed E-state index contributed by atoms with van der Waals surface area (Å²) in [7, 11) is -2.27. The number of ether oxygens (including phenoxy) is 4. The maximum atomic E-state index is 13.3. The largest absolute Gasteiger partial charge is 0.497 e. The predicted octanol–water partition coefficient (Wildman–Crippen LogP) is 7.96. The summed E-state index contributed by atoms with van der Waals surface area (Å²) in [6.07, 6.45) is 0. The lowest BCUT2D eigenvalue weighted by molar-refractivity contribution is 0.412. The second-order valence-electron chi connectivity index (χ2n) is 9.23. The molecule has 0 aliphatic heterocycles. The highest BCUT2D eigenvalue weighted by Gasteiger charge is 2.19. The fourth-order valence-electron chi connectivity index (χ4n) is 4.19. The van der Waals surface area contributed by atoms with Crippen LogP contribution in [-0.4, -0.2) is 15.5 Å². The topological polar surface area (TPSA) is 119 Å². The Labute approximate surface area is 249 Å². The second-order valence-corrected chi connectivity index (χ2v) is 11.2. The first-order valence-corrected chi connectivity index (χ1v) is 14.5. The Morgan fingerprint density at radius 2 is 0.907 bits per heavy atom. The van der Waals surface area contributed by atoms with Crippen molar-refractivity contribution in [2.75, 3.05) is 7.11 Å². The molecule has 0 aliphatic rings. The molecule has 5 rings (SSSR count). The number of methoxy groups -OCH3 is 1. The summed E-state index contributed by atoms with van der Waals surface area (Å²) in [5.41, 5.74) is 1.38. The van der Waals surface area contributed by atoms with Gasteiger partial charge in [0.05, 0.1) is 22.5 Å². The van der Waals surface area contributed by atoms with Crippen molar-refractivity contribution < 1.29 is 27.4 Å². The van der Waals surface area contributed by atoms with Crippen LogP contribution in [0.25, 0.3) is 0 Å². The van der Waals surface area contributed by atoms with E-state index in [4.69, 9.17) is 18.9 Å². The number of hydrogen-bond acceptors (Lipinski definition) is 8. The lowest BCUT2D eigenvalue weighted by atomic mass is 10.1. The van der Waals surface area contributed by atoms with Gasteiger partial charge in [-0.3, -0.25) is 0 Å². The summed E-state index contributed by atoms with van der Waals surface area (Å²) in [5, 5.41) is 19.2. The van der Waals surface area contributed by atoms with Gasteiger partial charge in [0.15, 0.2) is 0 Å². The molecule has 0 saturated carbocycles. The van der Waals surface area contributed by atoms with Gasteiger partial charge < -0.3 is 18.9 Å². The molecule has 0 fully saturated rings. The minimum Gasteiger partial charge on any atom is -0.497 e. The monoisotopic (exact) mass is 588 g/mol. The first-order valence-electron chi connectivity index (χ1n) is 13.0. The van der Waals surface area contributed by atoms with E-state index >= 15 is 0 Å². The Bertz CT molecular complexity index is 1960. The average Bonchev–Trinajstić information content (AvgIpc) is 3.02. The number of nitrogens with zero attached hydrogens (tertiary/aromatic N) is 2. The molecule has 8 nitrogen and oxygen atoms in total. The van der Waals surface area contributed by atoms with Gasteiger partial charge in [0.1, 0.15) is 57.9 Å². The molecule has 9 heteroatoms. The van der Waals surface area contributed by atoms with Crippen LogP contribution >= 0.6 is 0 Å². The molecule has 0 atom stereocenters. The number of hydrogen-bond donors (Lipinski definition) is 0. The predicted molar refractivity (Wildman–Crippen MR) is 159 cm³/mol. The fraction of sp³-hybridized carbons (Fsp3) is 0.0588. The Balaban J connectivity index is 1.31. The number of nitriles is 2. The van der Waals surface area contributed by atoms with Gasteiger partial charge in [-0.25, -0.2) is 8.42 Å². The van der Waals surface area contributed by atoms with Gasteiger partial charge in [-0.15, -0.1) is 0 Å². The smallest absolute Gasteiger partial charge is 0.206 e. The van der Waals surface area contributed by atoms with E-state index in [0.29, 0.717) is 40.1 Å². The van der Waals surface area contributed by atoms with Crippen LogP contribution in [0.1, 0.15) is 16.7 Å². The number of sulfone groups is 1. The molecule has 212 valence electrons. The molecule has 5 aromatic carbocycles. The average molecular weight is 589 g/mol. The molecule has 0 aliphatic carbocycles. The second kappa shape index (κ2) is 12.4. The minimum absolute atomic E-state index is 0.0658. The molecular formula is C34H24N2O6S. The first kappa shape index (κ1) is 28.7. The van der Waals surface area contributed by atoms with Crippen molar-refractivity contribution >= 4 is 9.84 Å². The van der Waals surface area contributed by atoms with Gasteiger partial charge in [0.25, 0.3) is 0 Å². The SMILES string of the molecule is COc1ccc(Oc2cccc(Oc3ccc(S(=O)(=O)c4ccc(Oc5cccc(C)c5C#N)cc4)cc3)c2C#N)cc1. The number of benzene rings is 5. The number of rotatable bonds is 9. The van der Waals surface area contributed by atoms with Crippen LogP contribution in [0.2, 0.25) is 0 Å². The minimum atomic E-state index is -3.84. The van der Waals surface area contributed by atoms with Crippen LogP contribution in [-0.2, 0) is 9.84 Å². The van der Waals surface area contributed by atoms with Crippen LogP contribution in [0.5, 0.6) is 40.2 Å². The highest BCUT2D eigenvalue weighted by molar-refractivity contribution is 7.91. The lowest BCUT2D eigenvalue weighted by Crippen LogP contribution is -2.02. The summed E-state index contributed by atoms with van der Waals surface area (Å²) in [6.45, 7) is 1.81. The Hall–Kier alpha value is -5.77. The van der Waals surface area contributed by atoms with Gasteiger partial charge >= 0.3 is 0 Å². The van der Waals surface area contributed by atoms with Gasteiger partial charge in [-0.1, -0.05) is 18.2 Å². The molecular weight excluding hydrogens is 564 g/mol. The first-order chi connectivity index (χ1) is 20.8. The molecule has 0 saturated heterocycles. The summed E-state index contributed by atoms with van der Waals surface area (Å²) >= 11 is 0. The van der Waals surface area contributed by atoms with Gasteiger partial charge in [-0.2, -0.15) is 10.5 Å². The zero-order valence-corrected chi connectivity index (χ0v) is 24.0. The highest BCUT2D eigenvalue weighted by Crippen LogP contribution is 2.35. The number of aryl methyl sites for hydroxylation is 1. The van der Waals surface area contributed by atoms with Crippen molar-refractivity contribution in [1.29, 1.82) is 10.5 Å². The van der Waals surface area contributed by atoms with E-state index in [2.05, 4.69) is 12.1 Å². The Kier molecular flexibility index (Phi) is 8.29. The van der Waals surface area contributed by atoms with E-state index in [1.54, 1.807) is 61.7 Å². The maximum Gasteiger partial charge on any atom is 0.206 e. The van der Waals surface area contributed by atoms with E-state index in [1.807, 2.05) is 13.0 Å². The third kappa shape index (κ3) is 6.28. The van der Waals surface area contributed by atoms with Crippen LogP contribution in [0.3, 0.4) is 0 Å². The Morgan fingerprint density at radius 1 is 0.535 bits per heavy atom. The summed E-state index contributed by atoms with van der Waals surface area (Å²) in [5.74, 6) is 2.89. The molecule has 0 heterocycles. The van der Waals surface area contributed by atoms with Crippen LogP contribution in [0.4, 0.5) is 0 Å². The van der Waals surface area contributed by atoms with E-state index in [1.165, 1.54) is 48.5 Å². The van der Waals surface area contributed by atoms with Crippen LogP contribution in [0, 0.1) is 29.6 Å². The standard InChI is InChI=1S/C34H24N2O6S/c1-23-5-3-6-32(30(23)21-35)40-26-13-17-28(18-14-26)43(37,38)29-19-15-27(16-20-29)42-34-8-4-7-33(31(34)22-36)41-25-11-9-24(39-2)10-12-25/h3-20H,1-2H3. The van der Waals surface area contributed by atoms with Crippen molar-refractivity contribution in [3.63, 3.8) is 0 Å². The van der Waals surface area contributed by atoms with Gasteiger partial charge in [0, 0.05) is 0 Å². The van der Waals surface area contributed by atoms with E-state index in [9.17, 15) is 18.9 Å². The molecule has 0 bridgehead atoms. The molecule has 43 heavy (non-hydrogen) atoms. The van der Waals surface area contributed by atoms with E-state index < -0.39 is 9.84 Å². The van der Waals surface area contributed by atoms with E-state index in [-0.39, 0.29) is 21.1 Å². The maximum absolute atomic E-state index is 13.3. The van der Waals surface area contributed by atoms with Crippen molar-refractivity contribution in [3.8, 4) is 52.4 Å². The third-order valence-electron chi connectivity index (χ3n) is 6.46. The lowest BCUT2D eigenvalue weighted by Gasteiger charge is -2.13. The summed E-state index contributed by atoms with van der Waals surface area (Å²) in [6, 6.07) is 33.3.